The lowest BCUT2D eigenvalue weighted by Crippen LogP contribution is -2.45. The third-order valence-corrected chi connectivity index (χ3v) is 5.19. The van der Waals surface area contributed by atoms with E-state index in [1.54, 1.807) is 47.6 Å². The van der Waals surface area contributed by atoms with Crippen LogP contribution in [0.5, 0.6) is 5.75 Å². The number of hydrogen-bond acceptors (Lipinski definition) is 5. The van der Waals surface area contributed by atoms with Crippen molar-refractivity contribution in [2.24, 2.45) is 5.92 Å². The number of nitrogens with one attached hydrogen (secondary N) is 2. The Morgan fingerprint density at radius 1 is 1.13 bits per heavy atom. The van der Waals surface area contributed by atoms with Crippen LogP contribution in [0.2, 0.25) is 0 Å². The Labute approximate surface area is 181 Å². The van der Waals surface area contributed by atoms with Gasteiger partial charge in [0.05, 0.1) is 25.3 Å². The predicted octanol–water partition coefficient (Wildman–Crippen LogP) is 3.05. The van der Waals surface area contributed by atoms with Gasteiger partial charge < -0.3 is 14.1 Å². The number of carbonyl (C=O) groups is 3. The average molecular weight is 428 g/mol. The molecule has 1 fully saturated rings. The van der Waals surface area contributed by atoms with Crippen LogP contribution in [0.3, 0.4) is 0 Å². The molecule has 1 aromatic heterocycles. The molecule has 2 N–H and O–H groups in total. The molecule has 1 atom stereocenters. The molecule has 2 heterocycles. The second kappa shape index (κ2) is 11.2. The van der Waals surface area contributed by atoms with E-state index in [4.69, 9.17) is 9.15 Å². The van der Waals surface area contributed by atoms with E-state index >= 15 is 0 Å². The summed E-state index contributed by atoms with van der Waals surface area (Å²) in [4.78, 5) is 38.4. The van der Waals surface area contributed by atoms with Crippen molar-refractivity contribution < 1.29 is 23.5 Å². The number of likely N-dealkylation sites (tertiary alicyclic amines) is 1. The number of unbranched alkanes of at least 4 members (excludes halogenated alkanes) is 3. The van der Waals surface area contributed by atoms with E-state index in [2.05, 4.69) is 17.8 Å². The van der Waals surface area contributed by atoms with Crippen molar-refractivity contribution in [1.82, 2.24) is 15.8 Å². The first-order valence-electron chi connectivity index (χ1n) is 10.7. The summed E-state index contributed by atoms with van der Waals surface area (Å²) in [6.07, 6.45) is 6.18. The number of rotatable bonds is 10. The summed E-state index contributed by atoms with van der Waals surface area (Å²) >= 11 is 0. The van der Waals surface area contributed by atoms with Crippen molar-refractivity contribution >= 4 is 17.7 Å². The average Bonchev–Trinajstić information content (AvgIpc) is 3.42. The maximum Gasteiger partial charge on any atom is 0.269 e. The van der Waals surface area contributed by atoms with Crippen LogP contribution in [0, 0.1) is 5.92 Å². The Morgan fingerprint density at radius 2 is 1.94 bits per heavy atom. The number of hydrazine groups is 1. The maximum absolute atomic E-state index is 12.4. The fourth-order valence-electron chi connectivity index (χ4n) is 3.41. The molecule has 0 bridgehead atoms. The highest BCUT2D eigenvalue weighted by molar-refractivity contribution is 5.96. The molecule has 8 nitrogen and oxygen atoms in total. The Hall–Kier alpha value is -3.29. The summed E-state index contributed by atoms with van der Waals surface area (Å²) in [7, 11) is 0. The van der Waals surface area contributed by atoms with Gasteiger partial charge in [0.15, 0.2) is 0 Å². The van der Waals surface area contributed by atoms with Gasteiger partial charge in [0.25, 0.3) is 5.91 Å². The van der Waals surface area contributed by atoms with Crippen LogP contribution >= 0.6 is 0 Å². The van der Waals surface area contributed by atoms with Crippen LogP contribution in [0.15, 0.2) is 47.1 Å². The lowest BCUT2D eigenvalue weighted by molar-refractivity contribution is -0.129. The van der Waals surface area contributed by atoms with E-state index in [0.29, 0.717) is 30.2 Å². The van der Waals surface area contributed by atoms with E-state index in [-0.39, 0.29) is 18.9 Å². The molecule has 8 heteroatoms. The van der Waals surface area contributed by atoms with Crippen LogP contribution in [-0.2, 0) is 16.1 Å². The number of nitrogens with zero attached hydrogens (tertiary/aromatic N) is 1. The van der Waals surface area contributed by atoms with Gasteiger partial charge in [-0.2, -0.15) is 0 Å². The van der Waals surface area contributed by atoms with E-state index < -0.39 is 17.7 Å². The van der Waals surface area contributed by atoms with E-state index in [9.17, 15) is 14.4 Å². The van der Waals surface area contributed by atoms with Crippen molar-refractivity contribution in [1.29, 1.82) is 0 Å². The van der Waals surface area contributed by atoms with E-state index in [0.717, 1.165) is 12.8 Å². The second-order valence-corrected chi connectivity index (χ2v) is 7.63. The summed E-state index contributed by atoms with van der Waals surface area (Å²) in [6.45, 7) is 3.43. The van der Waals surface area contributed by atoms with Crippen molar-refractivity contribution in [3.8, 4) is 5.75 Å². The Kier molecular flexibility index (Phi) is 8.09. The fourth-order valence-corrected chi connectivity index (χ4v) is 3.41. The molecule has 31 heavy (non-hydrogen) atoms. The third kappa shape index (κ3) is 6.60. The van der Waals surface area contributed by atoms with Gasteiger partial charge in [-0.15, -0.1) is 0 Å². The quantitative estimate of drug-likeness (QED) is 0.448. The van der Waals surface area contributed by atoms with Gasteiger partial charge in [-0.05, 0) is 42.8 Å². The van der Waals surface area contributed by atoms with Gasteiger partial charge in [0.1, 0.15) is 11.5 Å². The molecule has 0 spiro atoms. The molecule has 1 aliphatic rings. The fraction of sp³-hybridized carbons (Fsp3) is 0.435. The molecule has 1 aromatic carbocycles. The van der Waals surface area contributed by atoms with E-state index in [1.165, 1.54) is 12.8 Å². The number of furan rings is 1. The minimum atomic E-state index is -0.522. The first kappa shape index (κ1) is 22.4. The summed E-state index contributed by atoms with van der Waals surface area (Å²) < 4.78 is 10.9. The first-order chi connectivity index (χ1) is 15.1. The zero-order valence-electron chi connectivity index (χ0n) is 17.8. The highest BCUT2D eigenvalue weighted by atomic mass is 16.5. The topological polar surface area (TPSA) is 101 Å². The van der Waals surface area contributed by atoms with Crippen LogP contribution in [-0.4, -0.2) is 35.8 Å². The molecule has 0 saturated carbocycles. The summed E-state index contributed by atoms with van der Waals surface area (Å²) in [5.74, 6) is -0.0935. The third-order valence-electron chi connectivity index (χ3n) is 5.19. The van der Waals surface area contributed by atoms with Crippen LogP contribution in [0.25, 0.3) is 0 Å². The van der Waals surface area contributed by atoms with E-state index in [1.807, 2.05) is 0 Å². The molecule has 166 valence electrons. The molecule has 1 unspecified atom stereocenters. The van der Waals surface area contributed by atoms with Crippen molar-refractivity contribution in [3.05, 3.63) is 54.0 Å². The van der Waals surface area contributed by atoms with Gasteiger partial charge >= 0.3 is 0 Å². The lowest BCUT2D eigenvalue weighted by Gasteiger charge is -2.15. The van der Waals surface area contributed by atoms with Crippen molar-refractivity contribution in [2.45, 2.75) is 45.6 Å². The number of ether oxygens (including phenoxy) is 1. The monoisotopic (exact) mass is 427 g/mol. The normalized spacial score (nSPS) is 15.7. The lowest BCUT2D eigenvalue weighted by atomic mass is 10.1. The molecule has 0 aliphatic carbocycles. The maximum atomic E-state index is 12.4. The Morgan fingerprint density at radius 3 is 2.65 bits per heavy atom. The number of hydrogen-bond donors (Lipinski definition) is 2. The minimum absolute atomic E-state index is 0.104. The molecule has 1 aliphatic heterocycles. The SMILES string of the molecule is CCCCCCOc1ccc(C(=O)NNC(=O)C2CC(=O)N(Cc3ccco3)C2)cc1. The van der Waals surface area contributed by atoms with Gasteiger partial charge in [-0.3, -0.25) is 25.2 Å². The van der Waals surface area contributed by atoms with Gasteiger partial charge in [-0.25, -0.2) is 0 Å². The Bertz CT molecular complexity index is 864. The molecule has 3 amide bonds. The van der Waals surface area contributed by atoms with Crippen LogP contribution < -0.4 is 15.6 Å². The molecule has 2 aromatic rings. The molecular weight excluding hydrogens is 398 g/mol. The summed E-state index contributed by atoms with van der Waals surface area (Å²) in [5.41, 5.74) is 5.23. The van der Waals surface area contributed by atoms with Crippen LogP contribution in [0.1, 0.15) is 55.1 Å². The highest BCUT2D eigenvalue weighted by Crippen LogP contribution is 2.20. The zero-order valence-corrected chi connectivity index (χ0v) is 17.8. The molecule has 1 saturated heterocycles. The smallest absolute Gasteiger partial charge is 0.269 e. The zero-order chi connectivity index (χ0) is 22.1. The standard InChI is InChI=1S/C23H29N3O5/c1-2-3-4-5-12-30-19-10-8-17(9-11-19)22(28)24-25-23(29)18-14-21(27)26(15-18)16-20-7-6-13-31-20/h6-11,13,18H,2-5,12,14-16H2,1H3,(H,24,28)(H,25,29). The summed E-state index contributed by atoms with van der Waals surface area (Å²) in [6, 6.07) is 10.3. The summed E-state index contributed by atoms with van der Waals surface area (Å²) in [5, 5.41) is 0. The second-order valence-electron chi connectivity index (χ2n) is 7.63. The van der Waals surface area contributed by atoms with Crippen LogP contribution in [0.4, 0.5) is 0 Å². The van der Waals surface area contributed by atoms with Gasteiger partial charge in [0, 0.05) is 18.5 Å². The minimum Gasteiger partial charge on any atom is -0.494 e. The molecular formula is C23H29N3O5. The molecule has 3 rings (SSSR count). The number of benzene rings is 1. The number of amides is 3. The first-order valence-corrected chi connectivity index (χ1v) is 10.7. The van der Waals surface area contributed by atoms with Crippen molar-refractivity contribution in [3.63, 3.8) is 0 Å². The predicted molar refractivity (Wildman–Crippen MR) is 114 cm³/mol. The van der Waals surface area contributed by atoms with Gasteiger partial charge in [-0.1, -0.05) is 26.2 Å². The Balaban J connectivity index is 1.40. The molecule has 0 radical (unpaired) electrons. The van der Waals surface area contributed by atoms with Crippen molar-refractivity contribution in [2.75, 3.05) is 13.2 Å². The van der Waals surface area contributed by atoms with Gasteiger partial charge in [0.2, 0.25) is 11.8 Å². The largest absolute Gasteiger partial charge is 0.494 e. The number of carbonyl (C=O) groups excluding carboxylic acids is 3. The highest BCUT2D eigenvalue weighted by Gasteiger charge is 2.34.